The third-order valence-electron chi connectivity index (χ3n) is 1.71. The zero-order valence-electron chi connectivity index (χ0n) is 6.17. The predicted molar refractivity (Wildman–Crippen MR) is 47.9 cm³/mol. The first-order valence-corrected chi connectivity index (χ1v) is 4.21. The third kappa shape index (κ3) is 1.98. The fourth-order valence-corrected chi connectivity index (χ4v) is 1.75. The Morgan fingerprint density at radius 1 is 1.45 bits per heavy atom. The molecule has 1 rings (SSSR count). The Balaban J connectivity index is 2.80. The average Bonchev–Trinajstić information content (AvgIpc) is 1.85. The lowest BCUT2D eigenvalue weighted by atomic mass is 9.95. The normalized spacial score (nSPS) is 30.4. The number of rotatable bonds is 1. The summed E-state index contributed by atoms with van der Waals surface area (Å²) in [5, 5.41) is 9.26. The van der Waals surface area contributed by atoms with Crippen molar-refractivity contribution in [3.05, 3.63) is 24.3 Å². The molecule has 0 saturated heterocycles. The van der Waals surface area contributed by atoms with E-state index in [1.165, 1.54) is 0 Å². The van der Waals surface area contributed by atoms with Crippen LogP contribution in [0.2, 0.25) is 0 Å². The molecule has 1 aliphatic rings. The molecule has 0 saturated carbocycles. The van der Waals surface area contributed by atoms with Gasteiger partial charge in [0.15, 0.2) is 0 Å². The molecule has 0 radical (unpaired) electrons. The number of hydrogen-bond acceptors (Lipinski definition) is 1. The molecule has 0 fully saturated rings. The predicted octanol–water partition coefficient (Wildman–Crippen LogP) is 2.28. The van der Waals surface area contributed by atoms with Gasteiger partial charge in [0, 0.05) is 5.92 Å². The highest BCUT2D eigenvalue weighted by Crippen LogP contribution is 2.37. The lowest BCUT2D eigenvalue weighted by Crippen LogP contribution is -2.32. The maximum Gasteiger partial charge on any atom is 0.145 e. The smallest absolute Gasteiger partial charge is 0.145 e. The Labute approximate surface area is 76.3 Å². The Morgan fingerprint density at radius 3 is 2.45 bits per heavy atom. The van der Waals surface area contributed by atoms with Crippen molar-refractivity contribution in [1.29, 1.82) is 0 Å². The molecule has 0 aromatic heterocycles. The standard InChI is InChI=1S/C8H10Cl2O/c1-6(11)7-4-2-3-5-8(7,9)10/h2-7,11H,1H3. The van der Waals surface area contributed by atoms with E-state index in [2.05, 4.69) is 0 Å². The van der Waals surface area contributed by atoms with Crippen LogP contribution in [-0.2, 0) is 0 Å². The van der Waals surface area contributed by atoms with Gasteiger partial charge in [-0.05, 0) is 13.0 Å². The first kappa shape index (κ1) is 9.11. The molecule has 0 amide bonds. The summed E-state index contributed by atoms with van der Waals surface area (Å²) in [6.07, 6.45) is 6.57. The Morgan fingerprint density at radius 2 is 2.09 bits per heavy atom. The molecule has 2 atom stereocenters. The van der Waals surface area contributed by atoms with E-state index in [4.69, 9.17) is 23.2 Å². The van der Waals surface area contributed by atoms with Crippen molar-refractivity contribution in [2.45, 2.75) is 17.4 Å². The van der Waals surface area contributed by atoms with Crippen LogP contribution >= 0.6 is 23.2 Å². The second kappa shape index (κ2) is 3.18. The van der Waals surface area contributed by atoms with Crippen LogP contribution in [0.15, 0.2) is 24.3 Å². The molecular weight excluding hydrogens is 183 g/mol. The maximum absolute atomic E-state index is 9.26. The molecule has 0 spiro atoms. The van der Waals surface area contributed by atoms with Crippen molar-refractivity contribution in [1.82, 2.24) is 0 Å². The maximum atomic E-state index is 9.26. The molecule has 0 heterocycles. The van der Waals surface area contributed by atoms with Gasteiger partial charge < -0.3 is 5.11 Å². The van der Waals surface area contributed by atoms with Gasteiger partial charge in [-0.25, -0.2) is 0 Å². The highest BCUT2D eigenvalue weighted by Gasteiger charge is 2.34. The third-order valence-corrected chi connectivity index (χ3v) is 2.47. The summed E-state index contributed by atoms with van der Waals surface area (Å²) < 4.78 is -0.955. The van der Waals surface area contributed by atoms with Crippen molar-refractivity contribution in [2.24, 2.45) is 5.92 Å². The van der Waals surface area contributed by atoms with Gasteiger partial charge in [0.1, 0.15) is 4.33 Å². The highest BCUT2D eigenvalue weighted by atomic mass is 35.5. The fraction of sp³-hybridized carbons (Fsp3) is 0.500. The number of alkyl halides is 2. The van der Waals surface area contributed by atoms with Gasteiger partial charge in [0.2, 0.25) is 0 Å². The van der Waals surface area contributed by atoms with E-state index in [0.29, 0.717) is 0 Å². The summed E-state index contributed by atoms with van der Waals surface area (Å²) in [4.78, 5) is 0. The number of aliphatic hydroxyl groups is 1. The van der Waals surface area contributed by atoms with Gasteiger partial charge in [-0.15, -0.1) is 0 Å². The minimum atomic E-state index is -0.955. The molecule has 3 heteroatoms. The van der Waals surface area contributed by atoms with E-state index in [0.717, 1.165) is 0 Å². The molecule has 1 N–H and O–H groups in total. The van der Waals surface area contributed by atoms with E-state index in [1.54, 1.807) is 19.1 Å². The summed E-state index contributed by atoms with van der Waals surface area (Å²) in [7, 11) is 0. The molecule has 1 nitrogen and oxygen atoms in total. The molecule has 62 valence electrons. The Hall–Kier alpha value is 0.0200. The van der Waals surface area contributed by atoms with E-state index in [-0.39, 0.29) is 5.92 Å². The van der Waals surface area contributed by atoms with Crippen molar-refractivity contribution in [3.8, 4) is 0 Å². The first-order chi connectivity index (χ1) is 5.04. The molecular formula is C8H10Cl2O. The molecule has 2 unspecified atom stereocenters. The molecule has 0 aromatic carbocycles. The number of hydrogen-bond donors (Lipinski definition) is 1. The molecule has 0 bridgehead atoms. The van der Waals surface area contributed by atoms with Crippen LogP contribution in [-0.4, -0.2) is 15.5 Å². The molecule has 11 heavy (non-hydrogen) atoms. The summed E-state index contributed by atoms with van der Waals surface area (Å²) in [6, 6.07) is 0. The minimum Gasteiger partial charge on any atom is -0.393 e. The van der Waals surface area contributed by atoms with Crippen molar-refractivity contribution in [3.63, 3.8) is 0 Å². The topological polar surface area (TPSA) is 20.2 Å². The van der Waals surface area contributed by atoms with E-state index in [9.17, 15) is 5.11 Å². The second-order valence-corrected chi connectivity index (χ2v) is 4.13. The van der Waals surface area contributed by atoms with E-state index in [1.807, 2.05) is 12.2 Å². The van der Waals surface area contributed by atoms with Crippen LogP contribution in [0.5, 0.6) is 0 Å². The van der Waals surface area contributed by atoms with Crippen LogP contribution in [0, 0.1) is 5.92 Å². The van der Waals surface area contributed by atoms with Gasteiger partial charge in [-0.1, -0.05) is 41.4 Å². The monoisotopic (exact) mass is 192 g/mol. The SMILES string of the molecule is CC(O)C1C=CC=CC1(Cl)Cl. The quantitative estimate of drug-likeness (QED) is 0.633. The van der Waals surface area contributed by atoms with E-state index >= 15 is 0 Å². The van der Waals surface area contributed by atoms with Gasteiger partial charge >= 0.3 is 0 Å². The first-order valence-electron chi connectivity index (χ1n) is 3.46. The Bertz CT molecular complexity index is 194. The number of halogens is 2. The minimum absolute atomic E-state index is 0.212. The van der Waals surface area contributed by atoms with Crippen LogP contribution in [0.25, 0.3) is 0 Å². The van der Waals surface area contributed by atoms with Crippen LogP contribution in [0.1, 0.15) is 6.92 Å². The molecule has 1 aliphatic carbocycles. The number of allylic oxidation sites excluding steroid dienone is 3. The summed E-state index contributed by atoms with van der Waals surface area (Å²) in [5.74, 6) is -0.212. The summed E-state index contributed by atoms with van der Waals surface area (Å²) >= 11 is 11.8. The molecule has 0 aliphatic heterocycles. The van der Waals surface area contributed by atoms with Crippen LogP contribution in [0.3, 0.4) is 0 Å². The highest BCUT2D eigenvalue weighted by molar-refractivity contribution is 6.50. The number of aliphatic hydroxyl groups excluding tert-OH is 1. The largest absolute Gasteiger partial charge is 0.393 e. The lowest BCUT2D eigenvalue weighted by molar-refractivity contribution is 0.146. The van der Waals surface area contributed by atoms with Crippen molar-refractivity contribution >= 4 is 23.2 Å². The Kier molecular flexibility index (Phi) is 2.63. The summed E-state index contributed by atoms with van der Waals surface area (Å²) in [5.41, 5.74) is 0. The van der Waals surface area contributed by atoms with Gasteiger partial charge in [-0.3, -0.25) is 0 Å². The lowest BCUT2D eigenvalue weighted by Gasteiger charge is -2.28. The van der Waals surface area contributed by atoms with Gasteiger partial charge in [-0.2, -0.15) is 0 Å². The second-order valence-electron chi connectivity index (χ2n) is 2.68. The summed E-state index contributed by atoms with van der Waals surface area (Å²) in [6.45, 7) is 1.67. The zero-order valence-corrected chi connectivity index (χ0v) is 7.68. The van der Waals surface area contributed by atoms with Gasteiger partial charge in [0.05, 0.1) is 6.10 Å². The van der Waals surface area contributed by atoms with Gasteiger partial charge in [0.25, 0.3) is 0 Å². The fourth-order valence-electron chi connectivity index (χ4n) is 1.09. The van der Waals surface area contributed by atoms with Crippen LogP contribution in [0.4, 0.5) is 0 Å². The van der Waals surface area contributed by atoms with Crippen molar-refractivity contribution in [2.75, 3.05) is 0 Å². The van der Waals surface area contributed by atoms with Crippen molar-refractivity contribution < 1.29 is 5.11 Å². The van der Waals surface area contributed by atoms with E-state index < -0.39 is 10.4 Å². The van der Waals surface area contributed by atoms with Crippen LogP contribution < -0.4 is 0 Å². The zero-order chi connectivity index (χ0) is 8.48. The molecule has 0 aromatic rings. The average molecular weight is 193 g/mol.